The summed E-state index contributed by atoms with van der Waals surface area (Å²) in [5.74, 6) is 0. The lowest BCUT2D eigenvalue weighted by molar-refractivity contribution is 0.0820. The Morgan fingerprint density at radius 1 is 1.47 bits per heavy atom. The molecule has 0 radical (unpaired) electrons. The van der Waals surface area contributed by atoms with Crippen LogP contribution in [-0.4, -0.2) is 25.3 Å². The fourth-order valence-corrected chi connectivity index (χ4v) is 1.25. The molecule has 0 aliphatic heterocycles. The maximum absolute atomic E-state index is 11.4. The number of anilines is 2. The Balaban J connectivity index is 2.25. The zero-order valence-corrected chi connectivity index (χ0v) is 10.2. The van der Waals surface area contributed by atoms with Gasteiger partial charge in [-0.25, -0.2) is 4.79 Å². The molecule has 0 heterocycles. The minimum Gasteiger partial charge on any atom is -0.399 e. The first-order chi connectivity index (χ1) is 8.08. The van der Waals surface area contributed by atoms with Crippen LogP contribution in [0.5, 0.6) is 0 Å². The van der Waals surface area contributed by atoms with Gasteiger partial charge < -0.3 is 21.1 Å². The number of nitrogens with two attached hydrogens (primary N) is 1. The second-order valence-corrected chi connectivity index (χ2v) is 3.93. The second kappa shape index (κ2) is 6.75. The van der Waals surface area contributed by atoms with Gasteiger partial charge in [0.25, 0.3) is 0 Å². The summed E-state index contributed by atoms with van der Waals surface area (Å²) in [6.45, 7) is 4.88. The number of urea groups is 1. The van der Waals surface area contributed by atoms with Gasteiger partial charge >= 0.3 is 6.03 Å². The molecule has 0 fully saturated rings. The molecule has 1 aromatic rings. The van der Waals surface area contributed by atoms with Crippen molar-refractivity contribution in [3.05, 3.63) is 24.3 Å². The first-order valence-electron chi connectivity index (χ1n) is 5.60. The molecular weight excluding hydrogens is 218 g/mol. The van der Waals surface area contributed by atoms with Crippen LogP contribution in [0.25, 0.3) is 0 Å². The SMILES string of the molecule is CC(C)OCCNC(=O)Nc1cccc(N)c1. The summed E-state index contributed by atoms with van der Waals surface area (Å²) >= 11 is 0. The highest BCUT2D eigenvalue weighted by atomic mass is 16.5. The number of amides is 2. The quantitative estimate of drug-likeness (QED) is 0.540. The third kappa shape index (κ3) is 5.77. The lowest BCUT2D eigenvalue weighted by atomic mass is 10.3. The van der Waals surface area contributed by atoms with Gasteiger partial charge in [-0.1, -0.05) is 6.07 Å². The number of rotatable bonds is 5. The number of hydrogen-bond donors (Lipinski definition) is 3. The predicted octanol–water partition coefficient (Wildman–Crippen LogP) is 1.82. The highest BCUT2D eigenvalue weighted by Crippen LogP contribution is 2.11. The fraction of sp³-hybridized carbons (Fsp3) is 0.417. The summed E-state index contributed by atoms with van der Waals surface area (Å²) in [7, 11) is 0. The van der Waals surface area contributed by atoms with E-state index in [4.69, 9.17) is 10.5 Å². The maximum atomic E-state index is 11.4. The zero-order valence-electron chi connectivity index (χ0n) is 10.2. The number of hydrogen-bond acceptors (Lipinski definition) is 3. The summed E-state index contributed by atoms with van der Waals surface area (Å²) in [5, 5.41) is 5.38. The highest BCUT2D eigenvalue weighted by Gasteiger charge is 2.01. The molecule has 0 aromatic heterocycles. The van der Waals surface area contributed by atoms with E-state index in [1.807, 2.05) is 13.8 Å². The van der Waals surface area contributed by atoms with Crippen molar-refractivity contribution in [1.82, 2.24) is 5.32 Å². The highest BCUT2D eigenvalue weighted by molar-refractivity contribution is 5.89. The Bertz CT molecular complexity index is 367. The lowest BCUT2D eigenvalue weighted by Gasteiger charge is -2.10. The van der Waals surface area contributed by atoms with Crippen LogP contribution in [0.3, 0.4) is 0 Å². The molecule has 17 heavy (non-hydrogen) atoms. The molecule has 5 nitrogen and oxygen atoms in total. The van der Waals surface area contributed by atoms with Crippen molar-refractivity contribution in [2.45, 2.75) is 20.0 Å². The maximum Gasteiger partial charge on any atom is 0.319 e. The van der Waals surface area contributed by atoms with Crippen molar-refractivity contribution in [3.8, 4) is 0 Å². The van der Waals surface area contributed by atoms with E-state index < -0.39 is 0 Å². The van der Waals surface area contributed by atoms with E-state index in [1.54, 1.807) is 24.3 Å². The van der Waals surface area contributed by atoms with Crippen molar-refractivity contribution in [1.29, 1.82) is 0 Å². The van der Waals surface area contributed by atoms with Gasteiger partial charge in [0.05, 0.1) is 12.7 Å². The van der Waals surface area contributed by atoms with Crippen LogP contribution in [0.15, 0.2) is 24.3 Å². The average molecular weight is 237 g/mol. The first-order valence-corrected chi connectivity index (χ1v) is 5.60. The molecule has 1 rings (SSSR count). The number of carbonyl (C=O) groups excluding carboxylic acids is 1. The van der Waals surface area contributed by atoms with Gasteiger partial charge in [-0.2, -0.15) is 0 Å². The molecule has 0 bridgehead atoms. The Labute approximate surface area is 101 Å². The second-order valence-electron chi connectivity index (χ2n) is 3.93. The van der Waals surface area contributed by atoms with E-state index >= 15 is 0 Å². The summed E-state index contributed by atoms with van der Waals surface area (Å²) in [6, 6.07) is 6.76. The van der Waals surface area contributed by atoms with Gasteiger partial charge in [0.2, 0.25) is 0 Å². The number of ether oxygens (including phenoxy) is 1. The van der Waals surface area contributed by atoms with Crippen LogP contribution in [0, 0.1) is 0 Å². The number of nitrogens with one attached hydrogen (secondary N) is 2. The van der Waals surface area contributed by atoms with Crippen LogP contribution in [-0.2, 0) is 4.74 Å². The standard InChI is InChI=1S/C12H19N3O2/c1-9(2)17-7-6-14-12(16)15-11-5-3-4-10(13)8-11/h3-5,8-9H,6-7,13H2,1-2H3,(H2,14,15,16). The molecule has 0 aliphatic rings. The van der Waals surface area contributed by atoms with Crippen LogP contribution >= 0.6 is 0 Å². The largest absolute Gasteiger partial charge is 0.399 e. The van der Waals surface area contributed by atoms with E-state index in [1.165, 1.54) is 0 Å². The fourth-order valence-electron chi connectivity index (χ4n) is 1.25. The normalized spacial score (nSPS) is 10.3. The predicted molar refractivity (Wildman–Crippen MR) is 69.0 cm³/mol. The third-order valence-electron chi connectivity index (χ3n) is 1.98. The molecule has 0 unspecified atom stereocenters. The Morgan fingerprint density at radius 3 is 2.88 bits per heavy atom. The summed E-state index contributed by atoms with van der Waals surface area (Å²) in [4.78, 5) is 11.4. The summed E-state index contributed by atoms with van der Waals surface area (Å²) < 4.78 is 5.30. The van der Waals surface area contributed by atoms with Crippen molar-refractivity contribution in [2.24, 2.45) is 0 Å². The Morgan fingerprint density at radius 2 is 2.24 bits per heavy atom. The van der Waals surface area contributed by atoms with E-state index in [0.717, 1.165) is 0 Å². The minimum absolute atomic E-state index is 0.175. The first kappa shape index (κ1) is 13.3. The molecule has 94 valence electrons. The van der Waals surface area contributed by atoms with Crippen LogP contribution in [0.1, 0.15) is 13.8 Å². The zero-order chi connectivity index (χ0) is 12.7. The van der Waals surface area contributed by atoms with E-state index in [2.05, 4.69) is 10.6 Å². The van der Waals surface area contributed by atoms with Gasteiger partial charge in [-0.05, 0) is 32.0 Å². The lowest BCUT2D eigenvalue weighted by Crippen LogP contribution is -2.32. The van der Waals surface area contributed by atoms with Crippen molar-refractivity contribution >= 4 is 17.4 Å². The van der Waals surface area contributed by atoms with E-state index in [-0.39, 0.29) is 12.1 Å². The Kier molecular flexibility index (Phi) is 5.29. The van der Waals surface area contributed by atoms with Crippen LogP contribution in [0.2, 0.25) is 0 Å². The monoisotopic (exact) mass is 237 g/mol. The van der Waals surface area contributed by atoms with Gasteiger partial charge in [0.1, 0.15) is 0 Å². The van der Waals surface area contributed by atoms with E-state index in [0.29, 0.717) is 24.5 Å². The minimum atomic E-state index is -0.261. The van der Waals surface area contributed by atoms with E-state index in [9.17, 15) is 4.79 Å². The third-order valence-corrected chi connectivity index (χ3v) is 1.98. The molecule has 0 atom stereocenters. The Hall–Kier alpha value is -1.75. The number of benzene rings is 1. The average Bonchev–Trinajstić information content (AvgIpc) is 2.24. The van der Waals surface area contributed by atoms with Crippen LogP contribution in [0.4, 0.5) is 16.2 Å². The van der Waals surface area contributed by atoms with Crippen molar-refractivity contribution in [2.75, 3.05) is 24.2 Å². The molecule has 0 saturated heterocycles. The molecule has 0 spiro atoms. The molecule has 1 aromatic carbocycles. The molecule has 0 saturated carbocycles. The smallest absolute Gasteiger partial charge is 0.319 e. The van der Waals surface area contributed by atoms with Crippen LogP contribution < -0.4 is 16.4 Å². The van der Waals surface area contributed by atoms with Gasteiger partial charge in [0, 0.05) is 17.9 Å². The van der Waals surface area contributed by atoms with Gasteiger partial charge in [-0.15, -0.1) is 0 Å². The molecular formula is C12H19N3O2. The topological polar surface area (TPSA) is 76.4 Å². The molecule has 5 heteroatoms. The molecule has 0 aliphatic carbocycles. The van der Waals surface area contributed by atoms with Crippen molar-refractivity contribution < 1.29 is 9.53 Å². The van der Waals surface area contributed by atoms with Gasteiger partial charge in [0.15, 0.2) is 0 Å². The van der Waals surface area contributed by atoms with Gasteiger partial charge in [-0.3, -0.25) is 0 Å². The summed E-state index contributed by atoms with van der Waals surface area (Å²) in [6.07, 6.45) is 0.175. The molecule has 4 N–H and O–H groups in total. The number of nitrogen functional groups attached to an aromatic ring is 1. The van der Waals surface area contributed by atoms with Crippen molar-refractivity contribution in [3.63, 3.8) is 0 Å². The number of carbonyl (C=O) groups is 1. The molecule has 2 amide bonds. The summed E-state index contributed by atoms with van der Waals surface area (Å²) in [5.41, 5.74) is 6.89.